The number of methoxy groups -OCH3 is 1. The average molecular weight is 427 g/mol. The van der Waals surface area contributed by atoms with Crippen molar-refractivity contribution >= 4 is 11.8 Å². The number of amides is 2. The zero-order chi connectivity index (χ0) is 22.2. The van der Waals surface area contributed by atoms with Crippen LogP contribution in [-0.2, 0) is 11.3 Å². The summed E-state index contributed by atoms with van der Waals surface area (Å²) in [6.07, 6.45) is 0. The topological polar surface area (TPSA) is 71.1 Å². The van der Waals surface area contributed by atoms with Crippen molar-refractivity contribution in [1.82, 2.24) is 15.1 Å². The van der Waals surface area contributed by atoms with Crippen LogP contribution in [-0.4, -0.2) is 68.1 Å². The standard InChI is InChI=1S/C23H26FN3O4/c1-26(2)22(29)18-12-27(11-15-8-9-16(30-3)10-19(15)24)13-23(18)14-31-20-7-5-4-6-17(20)21(28)25-23/h4-10,18H,11-14H2,1-3H3,(H,25,28)/t18-,23-/m1/s1. The zero-order valence-electron chi connectivity index (χ0n) is 17.9. The number of hydrogen-bond acceptors (Lipinski definition) is 5. The van der Waals surface area contributed by atoms with Gasteiger partial charge in [0.2, 0.25) is 5.91 Å². The summed E-state index contributed by atoms with van der Waals surface area (Å²) in [6, 6.07) is 11.8. The number of benzene rings is 2. The molecule has 31 heavy (non-hydrogen) atoms. The Kier molecular flexibility index (Phi) is 5.58. The third kappa shape index (κ3) is 3.95. The number of para-hydroxylation sites is 1. The van der Waals surface area contributed by atoms with Crippen molar-refractivity contribution in [1.29, 1.82) is 0 Å². The summed E-state index contributed by atoms with van der Waals surface area (Å²) >= 11 is 0. The highest BCUT2D eigenvalue weighted by Gasteiger charge is 2.53. The summed E-state index contributed by atoms with van der Waals surface area (Å²) in [5.41, 5.74) is 0.0218. The summed E-state index contributed by atoms with van der Waals surface area (Å²) in [5, 5.41) is 3.08. The maximum absolute atomic E-state index is 14.5. The van der Waals surface area contributed by atoms with Crippen LogP contribution < -0.4 is 14.8 Å². The van der Waals surface area contributed by atoms with E-state index in [1.165, 1.54) is 18.1 Å². The predicted molar refractivity (Wildman–Crippen MR) is 113 cm³/mol. The highest BCUT2D eigenvalue weighted by molar-refractivity contribution is 5.98. The Morgan fingerprint density at radius 2 is 2.10 bits per heavy atom. The fourth-order valence-electron chi connectivity index (χ4n) is 4.37. The summed E-state index contributed by atoms with van der Waals surface area (Å²) in [4.78, 5) is 29.6. The Labute approximate surface area is 180 Å². The van der Waals surface area contributed by atoms with E-state index in [1.807, 2.05) is 4.90 Å². The summed E-state index contributed by atoms with van der Waals surface area (Å²) < 4.78 is 25.6. The number of nitrogens with one attached hydrogen (secondary N) is 1. The number of ether oxygens (including phenoxy) is 2. The Morgan fingerprint density at radius 1 is 1.32 bits per heavy atom. The van der Waals surface area contributed by atoms with Crippen LogP contribution in [0.1, 0.15) is 15.9 Å². The van der Waals surface area contributed by atoms with E-state index in [1.54, 1.807) is 50.5 Å². The molecule has 2 aromatic carbocycles. The molecule has 1 N–H and O–H groups in total. The lowest BCUT2D eigenvalue weighted by atomic mass is 9.86. The summed E-state index contributed by atoms with van der Waals surface area (Å²) in [6.45, 7) is 1.20. The normalized spacial score (nSPS) is 23.0. The van der Waals surface area contributed by atoms with Gasteiger partial charge in [-0.05, 0) is 18.2 Å². The molecule has 4 rings (SSSR count). The highest BCUT2D eigenvalue weighted by atomic mass is 19.1. The van der Waals surface area contributed by atoms with E-state index in [0.717, 1.165) is 0 Å². The van der Waals surface area contributed by atoms with Gasteiger partial charge in [-0.1, -0.05) is 18.2 Å². The second kappa shape index (κ2) is 8.19. The number of hydrogen-bond donors (Lipinski definition) is 1. The van der Waals surface area contributed by atoms with Crippen molar-refractivity contribution in [2.45, 2.75) is 12.1 Å². The SMILES string of the molecule is COc1ccc(CN2C[C@H](C(=O)N(C)C)[C@]3(COc4ccccc4C(=O)N3)C2)c(F)c1. The average Bonchev–Trinajstić information content (AvgIpc) is 3.03. The maximum Gasteiger partial charge on any atom is 0.255 e. The van der Waals surface area contributed by atoms with Crippen molar-refractivity contribution < 1.29 is 23.5 Å². The second-order valence-electron chi connectivity index (χ2n) is 8.31. The monoisotopic (exact) mass is 427 g/mol. The Morgan fingerprint density at radius 3 is 2.81 bits per heavy atom. The van der Waals surface area contributed by atoms with Crippen LogP contribution in [0.4, 0.5) is 4.39 Å². The zero-order valence-corrected chi connectivity index (χ0v) is 17.9. The van der Waals surface area contributed by atoms with Crippen LogP contribution in [0.25, 0.3) is 0 Å². The first-order chi connectivity index (χ1) is 14.8. The van der Waals surface area contributed by atoms with Crippen molar-refractivity contribution in [3.63, 3.8) is 0 Å². The van der Waals surface area contributed by atoms with Crippen molar-refractivity contribution in [2.24, 2.45) is 5.92 Å². The van der Waals surface area contributed by atoms with E-state index in [4.69, 9.17) is 9.47 Å². The van der Waals surface area contributed by atoms with E-state index in [-0.39, 0.29) is 24.2 Å². The number of rotatable bonds is 4. The van der Waals surface area contributed by atoms with Crippen molar-refractivity contribution in [3.05, 3.63) is 59.4 Å². The third-order valence-electron chi connectivity index (χ3n) is 5.99. The van der Waals surface area contributed by atoms with Crippen molar-refractivity contribution in [2.75, 3.05) is 40.9 Å². The molecular formula is C23H26FN3O4. The largest absolute Gasteiger partial charge is 0.497 e. The van der Waals surface area contributed by atoms with Gasteiger partial charge in [0, 0.05) is 45.4 Å². The van der Waals surface area contributed by atoms with Crippen molar-refractivity contribution in [3.8, 4) is 11.5 Å². The molecule has 0 bridgehead atoms. The molecule has 2 heterocycles. The van der Waals surface area contributed by atoms with Crippen LogP contribution in [0.3, 0.4) is 0 Å². The minimum absolute atomic E-state index is 0.104. The second-order valence-corrected chi connectivity index (χ2v) is 8.31. The fourth-order valence-corrected chi connectivity index (χ4v) is 4.37. The van der Waals surface area contributed by atoms with E-state index in [0.29, 0.717) is 42.3 Å². The van der Waals surface area contributed by atoms with Crippen LogP contribution in [0, 0.1) is 11.7 Å². The molecule has 0 aromatic heterocycles. The van der Waals surface area contributed by atoms with Gasteiger partial charge in [0.05, 0.1) is 24.1 Å². The maximum atomic E-state index is 14.5. The first-order valence-electron chi connectivity index (χ1n) is 10.1. The predicted octanol–water partition coefficient (Wildman–Crippen LogP) is 1.92. The molecule has 0 saturated carbocycles. The number of likely N-dealkylation sites (tertiary alicyclic amines) is 1. The lowest BCUT2D eigenvalue weighted by Crippen LogP contribution is -2.60. The van der Waals surface area contributed by atoms with Gasteiger partial charge in [0.25, 0.3) is 5.91 Å². The van der Waals surface area contributed by atoms with E-state index >= 15 is 0 Å². The van der Waals surface area contributed by atoms with Gasteiger partial charge < -0.3 is 19.7 Å². The lowest BCUT2D eigenvalue weighted by molar-refractivity contribution is -0.134. The van der Waals surface area contributed by atoms with Gasteiger partial charge in [0.15, 0.2) is 0 Å². The summed E-state index contributed by atoms with van der Waals surface area (Å²) in [7, 11) is 4.87. The molecule has 164 valence electrons. The number of carbonyl (C=O) groups excluding carboxylic acids is 2. The molecule has 0 aliphatic carbocycles. The molecule has 1 saturated heterocycles. The van der Waals surface area contributed by atoms with Crippen LogP contribution in [0.15, 0.2) is 42.5 Å². The van der Waals surface area contributed by atoms with Gasteiger partial charge in [-0.25, -0.2) is 4.39 Å². The number of halogens is 1. The van der Waals surface area contributed by atoms with Crippen LogP contribution >= 0.6 is 0 Å². The Balaban J connectivity index is 1.63. The fraction of sp³-hybridized carbons (Fsp3) is 0.391. The number of carbonyl (C=O) groups is 2. The van der Waals surface area contributed by atoms with Crippen LogP contribution in [0.5, 0.6) is 11.5 Å². The molecule has 1 fully saturated rings. The van der Waals surface area contributed by atoms with E-state index < -0.39 is 11.5 Å². The molecule has 7 nitrogen and oxygen atoms in total. The number of nitrogens with zero attached hydrogens (tertiary/aromatic N) is 2. The van der Waals surface area contributed by atoms with Gasteiger partial charge in [0.1, 0.15) is 23.9 Å². The molecule has 2 aliphatic rings. The number of fused-ring (bicyclic) bond motifs is 1. The van der Waals surface area contributed by atoms with Gasteiger partial charge >= 0.3 is 0 Å². The van der Waals surface area contributed by atoms with E-state index in [2.05, 4.69) is 5.32 Å². The van der Waals surface area contributed by atoms with Gasteiger partial charge in [-0.2, -0.15) is 0 Å². The molecule has 1 spiro atoms. The molecule has 0 unspecified atom stereocenters. The molecule has 2 aliphatic heterocycles. The summed E-state index contributed by atoms with van der Waals surface area (Å²) in [5.74, 6) is -0.337. The molecule has 2 atom stereocenters. The third-order valence-corrected chi connectivity index (χ3v) is 5.99. The highest BCUT2D eigenvalue weighted by Crippen LogP contribution is 2.35. The minimum Gasteiger partial charge on any atom is -0.497 e. The van der Waals surface area contributed by atoms with Gasteiger partial charge in [-0.15, -0.1) is 0 Å². The minimum atomic E-state index is -0.916. The van der Waals surface area contributed by atoms with E-state index in [9.17, 15) is 14.0 Å². The quantitative estimate of drug-likeness (QED) is 0.807. The molecular weight excluding hydrogens is 401 g/mol. The lowest BCUT2D eigenvalue weighted by Gasteiger charge is -2.34. The first-order valence-corrected chi connectivity index (χ1v) is 10.1. The Hall–Kier alpha value is -3.13. The molecule has 0 radical (unpaired) electrons. The molecule has 8 heteroatoms. The van der Waals surface area contributed by atoms with Gasteiger partial charge in [-0.3, -0.25) is 14.5 Å². The van der Waals surface area contributed by atoms with Crippen LogP contribution in [0.2, 0.25) is 0 Å². The Bertz CT molecular complexity index is 1010. The smallest absolute Gasteiger partial charge is 0.255 e. The molecule has 2 amide bonds. The molecule has 2 aromatic rings. The first kappa shape index (κ1) is 21.1.